The van der Waals surface area contributed by atoms with E-state index >= 15 is 0 Å². The van der Waals surface area contributed by atoms with E-state index in [9.17, 15) is 22.8 Å². The van der Waals surface area contributed by atoms with E-state index < -0.39 is 22.7 Å². The molecule has 0 aromatic carbocycles. The summed E-state index contributed by atoms with van der Waals surface area (Å²) in [6.07, 6.45) is -0.520. The van der Waals surface area contributed by atoms with Crippen molar-refractivity contribution in [1.82, 2.24) is 14.8 Å². The van der Waals surface area contributed by atoms with Gasteiger partial charge in [0.15, 0.2) is 0 Å². The molecule has 1 N–H and O–H groups in total. The second kappa shape index (κ2) is 8.82. The molecule has 0 spiro atoms. The van der Waals surface area contributed by atoms with E-state index in [1.54, 1.807) is 4.90 Å². The Morgan fingerprint density at radius 1 is 1.28 bits per heavy atom. The highest BCUT2D eigenvalue weighted by Gasteiger charge is 2.47. The van der Waals surface area contributed by atoms with Crippen LogP contribution in [0, 0.1) is 11.3 Å². The molecule has 3 aliphatic rings. The van der Waals surface area contributed by atoms with Gasteiger partial charge in [0, 0.05) is 43.5 Å². The van der Waals surface area contributed by atoms with Gasteiger partial charge in [0.25, 0.3) is 5.56 Å². The monoisotopic (exact) mass is 455 g/mol. The molecule has 2 aliphatic heterocycles. The molecular formula is C23H32F3N3O3. The van der Waals surface area contributed by atoms with Crippen LogP contribution in [0.1, 0.15) is 57.2 Å². The van der Waals surface area contributed by atoms with Gasteiger partial charge in [-0.1, -0.05) is 13.8 Å². The predicted octanol–water partition coefficient (Wildman–Crippen LogP) is 3.17. The first-order chi connectivity index (χ1) is 15.1. The molecule has 4 rings (SSSR count). The van der Waals surface area contributed by atoms with Gasteiger partial charge in [-0.3, -0.25) is 9.59 Å². The molecule has 1 saturated carbocycles. The second-order valence-corrected chi connectivity index (χ2v) is 9.64. The van der Waals surface area contributed by atoms with Crippen LogP contribution in [0.2, 0.25) is 0 Å². The Labute approximate surface area is 186 Å². The van der Waals surface area contributed by atoms with Crippen LogP contribution in [0.15, 0.2) is 16.9 Å². The summed E-state index contributed by atoms with van der Waals surface area (Å²) in [6.45, 7) is 6.28. The molecule has 1 amide bonds. The van der Waals surface area contributed by atoms with Crippen LogP contribution in [0.4, 0.5) is 13.2 Å². The number of hydrogen-bond donors (Lipinski definition) is 1. The Morgan fingerprint density at radius 2 is 2.06 bits per heavy atom. The van der Waals surface area contributed by atoms with Crippen molar-refractivity contribution in [1.29, 1.82) is 0 Å². The van der Waals surface area contributed by atoms with E-state index in [4.69, 9.17) is 4.74 Å². The molecule has 1 unspecified atom stereocenters. The summed E-state index contributed by atoms with van der Waals surface area (Å²) < 4.78 is 46.4. The van der Waals surface area contributed by atoms with Gasteiger partial charge in [0.2, 0.25) is 5.91 Å². The third-order valence-corrected chi connectivity index (χ3v) is 7.60. The number of fused-ring (bicyclic) bond motifs is 1. The van der Waals surface area contributed by atoms with Gasteiger partial charge in [-0.05, 0) is 44.1 Å². The van der Waals surface area contributed by atoms with E-state index in [-0.39, 0.29) is 30.7 Å². The number of nitrogens with zero attached hydrogens (tertiary/aromatic N) is 2. The zero-order valence-electron chi connectivity index (χ0n) is 18.7. The quantitative estimate of drug-likeness (QED) is 0.758. The number of carbonyl (C=O) groups excluding carboxylic acids is 1. The minimum Gasteiger partial charge on any atom is -0.381 e. The van der Waals surface area contributed by atoms with Crippen LogP contribution in [0.5, 0.6) is 0 Å². The molecule has 9 heteroatoms. The van der Waals surface area contributed by atoms with Gasteiger partial charge in [0.05, 0.1) is 24.1 Å². The summed E-state index contributed by atoms with van der Waals surface area (Å²) in [5, 5.41) is 3.74. The maximum Gasteiger partial charge on any atom is 0.416 e. The largest absolute Gasteiger partial charge is 0.416 e. The fourth-order valence-corrected chi connectivity index (χ4v) is 5.57. The van der Waals surface area contributed by atoms with Crippen LogP contribution in [0.25, 0.3) is 0 Å². The molecule has 3 heterocycles. The van der Waals surface area contributed by atoms with Crippen molar-refractivity contribution < 1.29 is 22.7 Å². The number of ether oxygens (including phenoxy) is 1. The summed E-state index contributed by atoms with van der Waals surface area (Å²) in [5.41, 5.74) is -1.87. The molecule has 178 valence electrons. The summed E-state index contributed by atoms with van der Waals surface area (Å²) in [4.78, 5) is 27.4. The highest BCUT2D eigenvalue weighted by atomic mass is 19.4. The van der Waals surface area contributed by atoms with Gasteiger partial charge in [-0.15, -0.1) is 0 Å². The minimum absolute atomic E-state index is 0.000404. The Bertz CT molecular complexity index is 916. The molecule has 1 aliphatic carbocycles. The smallest absolute Gasteiger partial charge is 0.381 e. The second-order valence-electron chi connectivity index (χ2n) is 9.64. The number of halogens is 3. The Hall–Kier alpha value is -1.87. The van der Waals surface area contributed by atoms with Crippen LogP contribution in [-0.4, -0.2) is 47.2 Å². The lowest BCUT2D eigenvalue weighted by Gasteiger charge is -2.38. The third-order valence-electron chi connectivity index (χ3n) is 7.60. The van der Waals surface area contributed by atoms with Gasteiger partial charge in [-0.25, -0.2) is 0 Å². The van der Waals surface area contributed by atoms with E-state index in [1.807, 2.05) is 6.92 Å². The molecule has 4 atom stereocenters. The van der Waals surface area contributed by atoms with Crippen molar-refractivity contribution in [3.8, 4) is 0 Å². The number of alkyl halides is 3. The molecule has 1 aromatic heterocycles. The fraction of sp³-hybridized carbons (Fsp3) is 0.739. The lowest BCUT2D eigenvalue weighted by Crippen LogP contribution is -2.49. The molecule has 6 nitrogen and oxygen atoms in total. The normalized spacial score (nSPS) is 30.9. The van der Waals surface area contributed by atoms with E-state index in [0.29, 0.717) is 31.0 Å². The van der Waals surface area contributed by atoms with Crippen molar-refractivity contribution in [2.45, 2.75) is 77.3 Å². The zero-order valence-corrected chi connectivity index (χ0v) is 18.7. The molecule has 1 saturated heterocycles. The van der Waals surface area contributed by atoms with Crippen LogP contribution in [-0.2, 0) is 28.8 Å². The van der Waals surface area contributed by atoms with Crippen molar-refractivity contribution in [3.05, 3.63) is 33.7 Å². The maximum atomic E-state index is 13.6. The maximum absolute atomic E-state index is 13.6. The van der Waals surface area contributed by atoms with Crippen LogP contribution >= 0.6 is 0 Å². The average Bonchev–Trinajstić information content (AvgIpc) is 3.18. The van der Waals surface area contributed by atoms with E-state index in [1.165, 1.54) is 4.57 Å². The highest BCUT2D eigenvalue weighted by Crippen LogP contribution is 2.44. The number of aromatic nitrogens is 1. The Balaban J connectivity index is 1.48. The van der Waals surface area contributed by atoms with Gasteiger partial charge in [0.1, 0.15) is 0 Å². The highest BCUT2D eigenvalue weighted by molar-refractivity contribution is 5.83. The predicted molar refractivity (Wildman–Crippen MR) is 113 cm³/mol. The van der Waals surface area contributed by atoms with Crippen molar-refractivity contribution in [3.63, 3.8) is 0 Å². The summed E-state index contributed by atoms with van der Waals surface area (Å²) in [5.74, 6) is 0.427. The minimum atomic E-state index is -4.59. The summed E-state index contributed by atoms with van der Waals surface area (Å²) in [6, 6.07) is 2.27. The lowest BCUT2D eigenvalue weighted by atomic mass is 9.81. The van der Waals surface area contributed by atoms with E-state index in [0.717, 1.165) is 45.0 Å². The van der Waals surface area contributed by atoms with Gasteiger partial charge in [-0.2, -0.15) is 13.2 Å². The number of hydrogen-bond acceptors (Lipinski definition) is 4. The summed E-state index contributed by atoms with van der Waals surface area (Å²) in [7, 11) is 0. The number of carbonyl (C=O) groups is 1. The number of nitrogens with one attached hydrogen (secondary N) is 1. The Morgan fingerprint density at radius 3 is 2.75 bits per heavy atom. The van der Waals surface area contributed by atoms with Crippen molar-refractivity contribution in [2.75, 3.05) is 19.8 Å². The zero-order chi connectivity index (χ0) is 23.1. The average molecular weight is 456 g/mol. The molecule has 1 aromatic rings. The molecule has 0 radical (unpaired) electrons. The lowest BCUT2D eigenvalue weighted by molar-refractivity contribution is -0.144. The Kier molecular flexibility index (Phi) is 6.42. The van der Waals surface area contributed by atoms with Gasteiger partial charge >= 0.3 is 6.18 Å². The van der Waals surface area contributed by atoms with Crippen LogP contribution in [0.3, 0.4) is 0 Å². The number of pyridine rings is 1. The standard InChI is InChI=1S/C23H32F3N3O3/c1-3-22(6-4-17(12-22)27-19-5-9-32-14-15(19)2)21(31)28-7-8-29-18(13-28)10-16(11-20(29)30)23(24,25)26/h10-11,15,17,19,27H,3-9,12-14H2,1-2H3/t15-,17-,19?,22+/m1/s1. The SMILES string of the molecule is CC[C@]1(C(=O)N2CCn3c(cc(C(F)(F)F)cc3=O)C2)CC[C@@H](NC2CCOC[C@H]2C)C1. The fourth-order valence-electron chi connectivity index (χ4n) is 5.57. The van der Waals surface area contributed by atoms with Crippen molar-refractivity contribution in [2.24, 2.45) is 11.3 Å². The number of amides is 1. The molecule has 0 bridgehead atoms. The van der Waals surface area contributed by atoms with E-state index in [2.05, 4.69) is 12.2 Å². The van der Waals surface area contributed by atoms with Crippen molar-refractivity contribution >= 4 is 5.91 Å². The molecule has 2 fully saturated rings. The molecule has 32 heavy (non-hydrogen) atoms. The van der Waals surface area contributed by atoms with Gasteiger partial charge < -0.3 is 19.5 Å². The first kappa shape index (κ1) is 23.3. The van der Waals surface area contributed by atoms with Crippen LogP contribution < -0.4 is 10.9 Å². The third kappa shape index (κ3) is 4.46. The number of rotatable bonds is 4. The molecular weight excluding hydrogens is 423 g/mol. The first-order valence-corrected chi connectivity index (χ1v) is 11.6. The summed E-state index contributed by atoms with van der Waals surface area (Å²) >= 11 is 0. The first-order valence-electron chi connectivity index (χ1n) is 11.6. The topological polar surface area (TPSA) is 63.6 Å².